The average molecular weight is 308 g/mol. The van der Waals surface area contributed by atoms with Crippen LogP contribution >= 0.6 is 11.3 Å². The van der Waals surface area contributed by atoms with Gasteiger partial charge in [-0.15, -0.1) is 11.3 Å². The lowest BCUT2D eigenvalue weighted by Gasteiger charge is -2.30. The monoisotopic (exact) mass is 308 g/mol. The zero-order chi connectivity index (χ0) is 15.3. The van der Waals surface area contributed by atoms with E-state index in [1.54, 1.807) is 30.8 Å². The number of benzene rings is 1. The Morgan fingerprint density at radius 3 is 2.90 bits per heavy atom. The number of nitrogens with two attached hydrogens (primary N) is 1. The number of carbonyl (C=O) groups excluding carboxylic acids is 1. The van der Waals surface area contributed by atoms with E-state index < -0.39 is 17.2 Å². The number of carbonyl (C=O) groups is 1. The first-order valence-corrected chi connectivity index (χ1v) is 7.51. The fraction of sp³-hybridized carbons (Fsp3) is 0.333. The molecule has 112 valence electrons. The Balaban J connectivity index is 2.47. The van der Waals surface area contributed by atoms with Crippen LogP contribution in [0.1, 0.15) is 17.4 Å². The lowest BCUT2D eigenvalue weighted by Crippen LogP contribution is -2.46. The third-order valence-corrected chi connectivity index (χ3v) is 4.13. The zero-order valence-electron chi connectivity index (χ0n) is 11.7. The van der Waals surface area contributed by atoms with E-state index in [1.165, 1.54) is 23.5 Å². The van der Waals surface area contributed by atoms with Crippen LogP contribution in [0.3, 0.4) is 0 Å². The summed E-state index contributed by atoms with van der Waals surface area (Å²) in [4.78, 5) is 17.4. The van der Waals surface area contributed by atoms with E-state index >= 15 is 0 Å². The molecule has 0 aliphatic heterocycles. The summed E-state index contributed by atoms with van der Waals surface area (Å²) in [5, 5.41) is 0. The number of hydrogen-bond donors (Lipinski definition) is 1. The van der Waals surface area contributed by atoms with Crippen LogP contribution in [0.5, 0.6) is 0 Å². The molecule has 0 aliphatic carbocycles. The van der Waals surface area contributed by atoms with Gasteiger partial charge in [0, 0.05) is 24.0 Å². The van der Waals surface area contributed by atoms with Crippen LogP contribution in [0.4, 0.5) is 4.39 Å². The summed E-state index contributed by atoms with van der Waals surface area (Å²) in [6, 6.07) is 5.95. The van der Waals surface area contributed by atoms with Crippen molar-refractivity contribution in [2.75, 3.05) is 13.2 Å². The van der Waals surface area contributed by atoms with Crippen LogP contribution in [0, 0.1) is 5.82 Å². The van der Waals surface area contributed by atoms with Crippen LogP contribution in [0.25, 0.3) is 0 Å². The second-order valence-electron chi connectivity index (χ2n) is 4.66. The third-order valence-electron chi connectivity index (χ3n) is 3.35. The van der Waals surface area contributed by atoms with Gasteiger partial charge in [0.1, 0.15) is 11.2 Å². The number of aromatic nitrogens is 1. The molecule has 0 saturated heterocycles. The summed E-state index contributed by atoms with van der Waals surface area (Å²) in [6.07, 6.45) is 2.03. The normalized spacial score (nSPS) is 13.7. The van der Waals surface area contributed by atoms with E-state index in [-0.39, 0.29) is 13.2 Å². The molecule has 1 heterocycles. The fourth-order valence-corrected chi connectivity index (χ4v) is 2.96. The number of hydrogen-bond acceptors (Lipinski definition) is 5. The second-order valence-corrected chi connectivity index (χ2v) is 5.63. The molecule has 21 heavy (non-hydrogen) atoms. The van der Waals surface area contributed by atoms with E-state index in [1.807, 2.05) is 0 Å². The lowest BCUT2D eigenvalue weighted by molar-refractivity contribution is -0.149. The average Bonchev–Trinajstić information content (AvgIpc) is 2.98. The highest BCUT2D eigenvalue weighted by Crippen LogP contribution is 2.31. The van der Waals surface area contributed by atoms with Gasteiger partial charge in [0.15, 0.2) is 0 Å². The summed E-state index contributed by atoms with van der Waals surface area (Å²) >= 11 is 1.43. The minimum atomic E-state index is -1.09. The minimum absolute atomic E-state index is 0.0349. The molecule has 0 bridgehead atoms. The van der Waals surface area contributed by atoms with Crippen molar-refractivity contribution < 1.29 is 13.9 Å². The number of ether oxygens (including phenoxy) is 1. The molecule has 2 rings (SSSR count). The van der Waals surface area contributed by atoms with Crippen LogP contribution in [0.2, 0.25) is 0 Å². The van der Waals surface area contributed by atoms with Crippen molar-refractivity contribution in [1.82, 2.24) is 4.98 Å². The number of rotatable bonds is 6. The van der Waals surface area contributed by atoms with Crippen LogP contribution in [-0.2, 0) is 21.4 Å². The molecular weight excluding hydrogens is 291 g/mol. The first-order chi connectivity index (χ1) is 10.1. The maximum absolute atomic E-state index is 13.6. The smallest absolute Gasteiger partial charge is 0.318 e. The molecule has 0 amide bonds. The van der Waals surface area contributed by atoms with Gasteiger partial charge in [-0.2, -0.15) is 0 Å². The Hall–Kier alpha value is -1.79. The Morgan fingerprint density at radius 1 is 1.52 bits per heavy atom. The Labute approximate surface area is 126 Å². The number of thiazole rings is 1. The van der Waals surface area contributed by atoms with Gasteiger partial charge in [0.05, 0.1) is 12.1 Å². The molecular formula is C15H17FN2O2S. The molecule has 1 aromatic heterocycles. The first-order valence-electron chi connectivity index (χ1n) is 6.63. The van der Waals surface area contributed by atoms with Crippen LogP contribution in [0.15, 0.2) is 36.0 Å². The van der Waals surface area contributed by atoms with Gasteiger partial charge in [-0.05, 0) is 24.6 Å². The molecule has 2 N–H and O–H groups in total. The Morgan fingerprint density at radius 2 is 2.33 bits per heavy atom. The molecule has 6 heteroatoms. The van der Waals surface area contributed by atoms with Crippen LogP contribution < -0.4 is 5.73 Å². The second kappa shape index (κ2) is 6.78. The summed E-state index contributed by atoms with van der Waals surface area (Å²) < 4.78 is 18.7. The standard InChI is InChI=1S/C15H17FN2O2S/c1-2-20-14(19)15(9-17,7-13-8-18-10-21-13)11-4-3-5-12(16)6-11/h3-6,8,10H,2,7,9,17H2,1H3. The Kier molecular flexibility index (Phi) is 5.03. The SMILES string of the molecule is CCOC(=O)C(CN)(Cc1cncs1)c1cccc(F)c1. The maximum atomic E-state index is 13.6. The molecule has 1 atom stereocenters. The molecule has 2 aromatic rings. The van der Waals surface area contributed by atoms with Gasteiger partial charge < -0.3 is 10.5 Å². The molecule has 0 aliphatic rings. The van der Waals surface area contributed by atoms with Gasteiger partial charge in [0.25, 0.3) is 0 Å². The predicted octanol–water partition coefficient (Wildman–Crippen LogP) is 2.28. The minimum Gasteiger partial charge on any atom is -0.465 e. The lowest BCUT2D eigenvalue weighted by atomic mass is 9.77. The summed E-state index contributed by atoms with van der Waals surface area (Å²) in [5.41, 5.74) is 7.02. The number of halogens is 1. The van der Waals surface area contributed by atoms with Gasteiger partial charge in [-0.3, -0.25) is 9.78 Å². The van der Waals surface area contributed by atoms with Crippen molar-refractivity contribution in [3.63, 3.8) is 0 Å². The van der Waals surface area contributed by atoms with Crippen molar-refractivity contribution in [1.29, 1.82) is 0 Å². The van der Waals surface area contributed by atoms with Crippen molar-refractivity contribution in [2.45, 2.75) is 18.8 Å². The van der Waals surface area contributed by atoms with Gasteiger partial charge >= 0.3 is 5.97 Å². The number of nitrogens with zero attached hydrogens (tertiary/aromatic N) is 1. The van der Waals surface area contributed by atoms with Crippen molar-refractivity contribution in [2.24, 2.45) is 5.73 Å². The molecule has 4 nitrogen and oxygen atoms in total. The van der Waals surface area contributed by atoms with Gasteiger partial charge in [0.2, 0.25) is 0 Å². The topological polar surface area (TPSA) is 65.2 Å². The van der Waals surface area contributed by atoms with Gasteiger partial charge in [-0.25, -0.2) is 4.39 Å². The highest BCUT2D eigenvalue weighted by Gasteiger charge is 2.41. The van der Waals surface area contributed by atoms with E-state index in [4.69, 9.17) is 10.5 Å². The number of esters is 1. The first kappa shape index (κ1) is 15.6. The maximum Gasteiger partial charge on any atom is 0.318 e. The molecule has 0 spiro atoms. The summed E-state index contributed by atoms with van der Waals surface area (Å²) in [7, 11) is 0. The quantitative estimate of drug-likeness (QED) is 0.832. The van der Waals surface area contributed by atoms with Crippen LogP contribution in [-0.4, -0.2) is 24.1 Å². The molecule has 1 unspecified atom stereocenters. The molecule has 1 aromatic carbocycles. The van der Waals surface area contributed by atoms with Crippen molar-refractivity contribution in [3.05, 3.63) is 52.2 Å². The fourth-order valence-electron chi connectivity index (χ4n) is 2.25. The predicted molar refractivity (Wildman–Crippen MR) is 79.6 cm³/mol. The molecule has 0 fully saturated rings. The highest BCUT2D eigenvalue weighted by molar-refractivity contribution is 7.09. The zero-order valence-corrected chi connectivity index (χ0v) is 12.5. The van der Waals surface area contributed by atoms with E-state index in [0.717, 1.165) is 4.88 Å². The van der Waals surface area contributed by atoms with E-state index in [0.29, 0.717) is 12.0 Å². The molecule has 0 saturated carbocycles. The van der Waals surface area contributed by atoms with E-state index in [9.17, 15) is 9.18 Å². The highest BCUT2D eigenvalue weighted by atomic mass is 32.1. The van der Waals surface area contributed by atoms with Gasteiger partial charge in [-0.1, -0.05) is 12.1 Å². The third kappa shape index (κ3) is 3.28. The summed E-state index contributed by atoms with van der Waals surface area (Å²) in [6.45, 7) is 2.02. The Bertz CT molecular complexity index is 603. The van der Waals surface area contributed by atoms with Crippen molar-refractivity contribution in [3.8, 4) is 0 Å². The summed E-state index contributed by atoms with van der Waals surface area (Å²) in [5.74, 6) is -0.842. The molecule has 0 radical (unpaired) electrons. The van der Waals surface area contributed by atoms with E-state index in [2.05, 4.69) is 4.98 Å². The largest absolute Gasteiger partial charge is 0.465 e. The van der Waals surface area contributed by atoms with Crippen molar-refractivity contribution >= 4 is 17.3 Å².